The van der Waals surface area contributed by atoms with E-state index in [4.69, 9.17) is 0 Å². The Balaban J connectivity index is 1.98. The molecule has 20 heavy (non-hydrogen) atoms. The maximum Gasteiger partial charge on any atom is 0.0222 e. The van der Waals surface area contributed by atoms with Gasteiger partial charge in [-0.25, -0.2) is 0 Å². The molecule has 1 heteroatoms. The number of unbranched alkanes of at least 4 members (excludes halogenated alkanes) is 9. The molecule has 1 heterocycles. The first-order valence-electron chi connectivity index (χ1n) is 8.79. The number of hydrogen-bond donors (Lipinski definition) is 0. The summed E-state index contributed by atoms with van der Waals surface area (Å²) in [5.41, 5.74) is 4.37. The van der Waals surface area contributed by atoms with Gasteiger partial charge in [0.25, 0.3) is 0 Å². The molecule has 0 saturated heterocycles. The molecule has 0 atom stereocenters. The first kappa shape index (κ1) is 17.3. The highest BCUT2D eigenvalue weighted by Crippen LogP contribution is 2.16. The van der Waals surface area contributed by atoms with Gasteiger partial charge in [-0.05, 0) is 38.3 Å². The van der Waals surface area contributed by atoms with E-state index in [1.807, 2.05) is 0 Å². The fourth-order valence-corrected chi connectivity index (χ4v) is 2.93. The fraction of sp³-hybridized carbons (Fsp3) is 0.789. The molecule has 0 saturated carbocycles. The summed E-state index contributed by atoms with van der Waals surface area (Å²) in [6.45, 7) is 10.2. The van der Waals surface area contributed by atoms with Crippen molar-refractivity contribution in [3.05, 3.63) is 23.0 Å². The predicted octanol–water partition coefficient (Wildman–Crippen LogP) is 6.33. The van der Waals surface area contributed by atoms with E-state index in [9.17, 15) is 0 Å². The van der Waals surface area contributed by atoms with Crippen LogP contribution in [0.1, 0.15) is 88.0 Å². The van der Waals surface area contributed by atoms with Crippen LogP contribution in [0.2, 0.25) is 0 Å². The summed E-state index contributed by atoms with van der Waals surface area (Å²) < 4.78 is 2.44. The topological polar surface area (TPSA) is 4.93 Å². The van der Waals surface area contributed by atoms with Crippen molar-refractivity contribution < 1.29 is 0 Å². The van der Waals surface area contributed by atoms with Crippen LogP contribution in [0.3, 0.4) is 0 Å². The second-order valence-electron chi connectivity index (χ2n) is 6.40. The van der Waals surface area contributed by atoms with Crippen LogP contribution in [0, 0.1) is 20.8 Å². The average Bonchev–Trinajstić information content (AvgIpc) is 2.68. The Morgan fingerprint density at radius 3 is 1.70 bits per heavy atom. The number of rotatable bonds is 11. The van der Waals surface area contributed by atoms with Gasteiger partial charge in [-0.2, -0.15) is 0 Å². The van der Waals surface area contributed by atoms with E-state index < -0.39 is 0 Å². The molecular weight excluding hydrogens is 242 g/mol. The quantitative estimate of drug-likeness (QED) is 0.416. The highest BCUT2D eigenvalue weighted by molar-refractivity contribution is 5.28. The van der Waals surface area contributed by atoms with Crippen LogP contribution >= 0.6 is 0 Å². The zero-order valence-corrected chi connectivity index (χ0v) is 14.3. The lowest BCUT2D eigenvalue weighted by Crippen LogP contribution is -1.99. The third-order valence-electron chi connectivity index (χ3n) is 4.67. The zero-order valence-electron chi connectivity index (χ0n) is 14.3. The summed E-state index contributed by atoms with van der Waals surface area (Å²) in [6, 6.07) is 0. The van der Waals surface area contributed by atoms with Gasteiger partial charge in [0.1, 0.15) is 0 Å². The summed E-state index contributed by atoms with van der Waals surface area (Å²) >= 11 is 0. The van der Waals surface area contributed by atoms with Crippen molar-refractivity contribution in [1.29, 1.82) is 0 Å². The van der Waals surface area contributed by atoms with Crippen molar-refractivity contribution in [2.24, 2.45) is 0 Å². The summed E-state index contributed by atoms with van der Waals surface area (Å²) in [5, 5.41) is 0. The van der Waals surface area contributed by atoms with E-state index in [2.05, 4.69) is 38.5 Å². The van der Waals surface area contributed by atoms with E-state index in [1.165, 1.54) is 87.6 Å². The molecule has 0 N–H and O–H groups in total. The normalized spacial score (nSPS) is 11.2. The Labute approximate surface area is 126 Å². The average molecular weight is 277 g/mol. The monoisotopic (exact) mass is 277 g/mol. The number of hydrogen-bond acceptors (Lipinski definition) is 0. The minimum Gasteiger partial charge on any atom is -0.351 e. The molecular formula is C19H35N. The molecule has 0 amide bonds. The minimum absolute atomic E-state index is 1.21. The minimum atomic E-state index is 1.21. The molecule has 0 fully saturated rings. The van der Waals surface area contributed by atoms with Crippen LogP contribution in [-0.4, -0.2) is 4.57 Å². The highest BCUT2D eigenvalue weighted by Gasteiger charge is 2.04. The van der Waals surface area contributed by atoms with Crippen molar-refractivity contribution in [2.45, 2.75) is 98.4 Å². The third kappa shape index (κ3) is 6.15. The molecule has 0 radical (unpaired) electrons. The molecule has 0 unspecified atom stereocenters. The molecule has 0 aromatic carbocycles. The zero-order chi connectivity index (χ0) is 14.8. The molecule has 0 aliphatic carbocycles. The summed E-state index contributed by atoms with van der Waals surface area (Å²) in [4.78, 5) is 0. The summed E-state index contributed by atoms with van der Waals surface area (Å²) in [6.07, 6.45) is 16.5. The van der Waals surface area contributed by atoms with Gasteiger partial charge >= 0.3 is 0 Å². The first-order valence-corrected chi connectivity index (χ1v) is 8.79. The van der Waals surface area contributed by atoms with Gasteiger partial charge in [0.15, 0.2) is 0 Å². The van der Waals surface area contributed by atoms with E-state index in [-0.39, 0.29) is 0 Å². The maximum absolute atomic E-state index is 2.44. The molecule has 1 aromatic heterocycles. The van der Waals surface area contributed by atoms with Gasteiger partial charge < -0.3 is 4.57 Å². The molecule has 1 aromatic rings. The van der Waals surface area contributed by atoms with E-state index in [1.54, 1.807) is 0 Å². The summed E-state index contributed by atoms with van der Waals surface area (Å²) in [5.74, 6) is 0. The molecule has 0 aliphatic heterocycles. The molecule has 0 bridgehead atoms. The largest absolute Gasteiger partial charge is 0.351 e. The molecule has 0 spiro atoms. The van der Waals surface area contributed by atoms with Crippen LogP contribution in [-0.2, 0) is 6.54 Å². The molecule has 0 aliphatic rings. The van der Waals surface area contributed by atoms with Gasteiger partial charge in [-0.3, -0.25) is 0 Å². The second-order valence-corrected chi connectivity index (χ2v) is 6.40. The maximum atomic E-state index is 2.44. The van der Waals surface area contributed by atoms with Gasteiger partial charge in [0, 0.05) is 18.4 Å². The Morgan fingerprint density at radius 2 is 1.25 bits per heavy atom. The SMILES string of the molecule is CCCCCCCCCCCCn1cc(C)c(C)c1C. The first-order chi connectivity index (χ1) is 9.66. The smallest absolute Gasteiger partial charge is 0.0222 e. The predicted molar refractivity (Wildman–Crippen MR) is 90.5 cm³/mol. The fourth-order valence-electron chi connectivity index (χ4n) is 2.93. The van der Waals surface area contributed by atoms with Crippen LogP contribution in [0.25, 0.3) is 0 Å². The van der Waals surface area contributed by atoms with Crippen LogP contribution < -0.4 is 0 Å². The second kappa shape index (κ2) is 10.1. The van der Waals surface area contributed by atoms with E-state index >= 15 is 0 Å². The lowest BCUT2D eigenvalue weighted by atomic mass is 10.1. The van der Waals surface area contributed by atoms with Gasteiger partial charge in [0.05, 0.1) is 0 Å². The van der Waals surface area contributed by atoms with E-state index in [0.29, 0.717) is 0 Å². The standard InChI is InChI=1S/C19H35N/c1-5-6-7-8-9-10-11-12-13-14-15-20-16-17(2)18(3)19(20)4/h16H,5-15H2,1-4H3. The highest BCUT2D eigenvalue weighted by atomic mass is 15.0. The Hall–Kier alpha value is -0.720. The molecule has 1 nitrogen and oxygen atoms in total. The van der Waals surface area contributed by atoms with Crippen molar-refractivity contribution in [2.75, 3.05) is 0 Å². The van der Waals surface area contributed by atoms with Crippen LogP contribution in [0.15, 0.2) is 6.20 Å². The van der Waals surface area contributed by atoms with Crippen molar-refractivity contribution in [3.63, 3.8) is 0 Å². The van der Waals surface area contributed by atoms with Gasteiger partial charge in [-0.1, -0.05) is 64.7 Å². The number of aromatic nitrogens is 1. The summed E-state index contributed by atoms with van der Waals surface area (Å²) in [7, 11) is 0. The molecule has 116 valence electrons. The lowest BCUT2D eigenvalue weighted by Gasteiger charge is -2.06. The van der Waals surface area contributed by atoms with Gasteiger partial charge in [-0.15, -0.1) is 0 Å². The Morgan fingerprint density at radius 1 is 0.750 bits per heavy atom. The molecule has 1 rings (SSSR count). The third-order valence-corrected chi connectivity index (χ3v) is 4.67. The van der Waals surface area contributed by atoms with E-state index in [0.717, 1.165) is 0 Å². The number of aryl methyl sites for hydroxylation is 2. The van der Waals surface area contributed by atoms with Gasteiger partial charge in [0.2, 0.25) is 0 Å². The van der Waals surface area contributed by atoms with Crippen molar-refractivity contribution >= 4 is 0 Å². The van der Waals surface area contributed by atoms with Crippen molar-refractivity contribution in [1.82, 2.24) is 4.57 Å². The Kier molecular flexibility index (Phi) is 8.73. The van der Waals surface area contributed by atoms with Crippen LogP contribution in [0.5, 0.6) is 0 Å². The van der Waals surface area contributed by atoms with Crippen LogP contribution in [0.4, 0.5) is 0 Å². The Bertz CT molecular complexity index is 362. The number of nitrogens with zero attached hydrogens (tertiary/aromatic N) is 1. The van der Waals surface area contributed by atoms with Crippen molar-refractivity contribution in [3.8, 4) is 0 Å². The lowest BCUT2D eigenvalue weighted by molar-refractivity contribution is 0.532.